The van der Waals surface area contributed by atoms with Crippen molar-refractivity contribution in [2.45, 2.75) is 45.7 Å². The predicted octanol–water partition coefficient (Wildman–Crippen LogP) is 1.17. The maximum atomic E-state index is 10.9. The summed E-state index contributed by atoms with van der Waals surface area (Å²) in [5.74, 6) is -0.756. The second kappa shape index (κ2) is 7.65. The molecule has 1 unspecified atom stereocenters. The number of hydrogen-bond donors (Lipinski definition) is 2. The van der Waals surface area contributed by atoms with E-state index in [0.717, 1.165) is 19.5 Å². The van der Waals surface area contributed by atoms with Gasteiger partial charge in [-0.25, -0.2) is 0 Å². The van der Waals surface area contributed by atoms with Gasteiger partial charge < -0.3 is 15.3 Å². The normalized spacial score (nSPS) is 13.5. The van der Waals surface area contributed by atoms with Crippen molar-refractivity contribution in [2.24, 2.45) is 0 Å². The highest BCUT2D eigenvalue weighted by atomic mass is 16.4. The highest BCUT2D eigenvalue weighted by molar-refractivity contribution is 5.73. The first kappa shape index (κ1) is 14.4. The van der Waals surface area contributed by atoms with E-state index in [9.17, 15) is 4.79 Å². The van der Waals surface area contributed by atoms with Gasteiger partial charge in [-0.05, 0) is 33.0 Å². The van der Waals surface area contributed by atoms with Crippen molar-refractivity contribution in [1.82, 2.24) is 10.2 Å². The van der Waals surface area contributed by atoms with Gasteiger partial charge in [0, 0.05) is 6.04 Å². The summed E-state index contributed by atoms with van der Waals surface area (Å²) in [4.78, 5) is 13.1. The summed E-state index contributed by atoms with van der Waals surface area (Å²) in [7, 11) is 2.03. The van der Waals surface area contributed by atoms with Gasteiger partial charge >= 0.3 is 5.97 Å². The lowest BCUT2D eigenvalue weighted by atomic mass is 10.1. The molecule has 0 aliphatic rings. The largest absolute Gasteiger partial charge is 0.480 e. The molecule has 4 heteroatoms. The van der Waals surface area contributed by atoms with Gasteiger partial charge in [-0.2, -0.15) is 0 Å². The first-order chi connectivity index (χ1) is 6.97. The number of nitrogens with zero attached hydrogens (tertiary/aromatic N) is 1. The van der Waals surface area contributed by atoms with E-state index >= 15 is 0 Å². The minimum Gasteiger partial charge on any atom is -0.480 e. The lowest BCUT2D eigenvalue weighted by Crippen LogP contribution is -2.42. The molecule has 0 aliphatic carbocycles. The summed E-state index contributed by atoms with van der Waals surface area (Å²) in [5, 5.41) is 12.0. The van der Waals surface area contributed by atoms with Crippen molar-refractivity contribution in [3.63, 3.8) is 0 Å². The Morgan fingerprint density at radius 3 is 2.40 bits per heavy atom. The average molecular weight is 216 g/mol. The van der Waals surface area contributed by atoms with Crippen molar-refractivity contribution in [3.05, 3.63) is 0 Å². The quantitative estimate of drug-likeness (QED) is 0.639. The fraction of sp³-hybridized carbons (Fsp3) is 0.909. The molecule has 0 saturated carbocycles. The van der Waals surface area contributed by atoms with E-state index in [1.165, 1.54) is 0 Å². The highest BCUT2D eigenvalue weighted by Gasteiger charge is 2.17. The number of carboxylic acids is 1. The molecule has 0 aliphatic heterocycles. The van der Waals surface area contributed by atoms with Crippen LogP contribution in [0.5, 0.6) is 0 Å². The number of carbonyl (C=O) groups is 1. The topological polar surface area (TPSA) is 52.6 Å². The molecule has 0 heterocycles. The Bertz CT molecular complexity index is 183. The zero-order valence-corrected chi connectivity index (χ0v) is 10.3. The van der Waals surface area contributed by atoms with Crippen LogP contribution in [-0.4, -0.2) is 48.2 Å². The van der Waals surface area contributed by atoms with Crippen LogP contribution in [0.2, 0.25) is 0 Å². The predicted molar refractivity (Wildman–Crippen MR) is 62.1 cm³/mol. The van der Waals surface area contributed by atoms with Crippen molar-refractivity contribution in [2.75, 3.05) is 20.1 Å². The molecule has 0 amide bonds. The van der Waals surface area contributed by atoms with E-state index < -0.39 is 12.0 Å². The molecule has 15 heavy (non-hydrogen) atoms. The first-order valence-corrected chi connectivity index (χ1v) is 5.64. The Balaban J connectivity index is 3.90. The summed E-state index contributed by atoms with van der Waals surface area (Å²) in [6.07, 6.45) is 1.76. The number of rotatable bonds is 8. The average Bonchev–Trinajstić information content (AvgIpc) is 2.11. The smallest absolute Gasteiger partial charge is 0.320 e. The fourth-order valence-electron chi connectivity index (χ4n) is 1.52. The lowest BCUT2D eigenvalue weighted by Gasteiger charge is -2.21. The molecule has 0 rings (SSSR count). The second-order valence-corrected chi connectivity index (χ2v) is 4.30. The number of aliphatic carboxylic acids is 1. The third-order valence-corrected chi connectivity index (χ3v) is 2.24. The zero-order valence-electron chi connectivity index (χ0n) is 10.3. The van der Waals surface area contributed by atoms with Gasteiger partial charge in [0.15, 0.2) is 0 Å². The molecule has 0 aromatic rings. The van der Waals surface area contributed by atoms with Crippen LogP contribution in [0, 0.1) is 0 Å². The molecule has 2 N–H and O–H groups in total. The Hall–Kier alpha value is -0.610. The summed E-state index contributed by atoms with van der Waals surface area (Å²) in [5.41, 5.74) is 0. The monoisotopic (exact) mass is 216 g/mol. The lowest BCUT2D eigenvalue weighted by molar-refractivity contribution is -0.139. The Labute approximate surface area is 92.7 Å². The van der Waals surface area contributed by atoms with Crippen LogP contribution < -0.4 is 5.32 Å². The third kappa shape index (κ3) is 7.33. The zero-order chi connectivity index (χ0) is 11.8. The van der Waals surface area contributed by atoms with Crippen LogP contribution in [0.1, 0.15) is 33.6 Å². The van der Waals surface area contributed by atoms with Crippen LogP contribution in [0.25, 0.3) is 0 Å². The summed E-state index contributed by atoms with van der Waals surface area (Å²) < 4.78 is 0. The van der Waals surface area contributed by atoms with E-state index in [1.54, 1.807) is 0 Å². The molecule has 0 radical (unpaired) electrons. The number of nitrogens with one attached hydrogen (secondary N) is 1. The van der Waals surface area contributed by atoms with Gasteiger partial charge in [-0.15, -0.1) is 0 Å². The summed E-state index contributed by atoms with van der Waals surface area (Å²) >= 11 is 0. The molecule has 0 spiro atoms. The molecule has 0 fully saturated rings. The summed E-state index contributed by atoms with van der Waals surface area (Å²) in [6.45, 7) is 7.90. The van der Waals surface area contributed by atoms with Crippen molar-refractivity contribution < 1.29 is 9.90 Å². The van der Waals surface area contributed by atoms with Gasteiger partial charge in [0.2, 0.25) is 0 Å². The molecule has 0 aromatic carbocycles. The molecule has 0 saturated heterocycles. The number of carboxylic acid groups (broad SMARTS) is 1. The SMILES string of the molecule is CCCN(C)CCC(NC(C)C)C(=O)O. The van der Waals surface area contributed by atoms with E-state index in [2.05, 4.69) is 17.1 Å². The maximum Gasteiger partial charge on any atom is 0.320 e. The van der Waals surface area contributed by atoms with Gasteiger partial charge in [-0.1, -0.05) is 20.8 Å². The molecular formula is C11H24N2O2. The Morgan fingerprint density at radius 2 is 2.00 bits per heavy atom. The molecule has 1 atom stereocenters. The van der Waals surface area contributed by atoms with Crippen LogP contribution in [-0.2, 0) is 4.79 Å². The molecule has 0 bridgehead atoms. The first-order valence-electron chi connectivity index (χ1n) is 5.64. The van der Waals surface area contributed by atoms with E-state index in [4.69, 9.17) is 5.11 Å². The Kier molecular flexibility index (Phi) is 7.34. The highest BCUT2D eigenvalue weighted by Crippen LogP contribution is 1.98. The van der Waals surface area contributed by atoms with Crippen LogP contribution in [0.4, 0.5) is 0 Å². The molecule has 0 aromatic heterocycles. The molecule has 90 valence electrons. The standard InChI is InChI=1S/C11H24N2O2/c1-5-7-13(4)8-6-10(11(14)15)12-9(2)3/h9-10,12H,5-8H2,1-4H3,(H,14,15). The van der Waals surface area contributed by atoms with Gasteiger partial charge in [-0.3, -0.25) is 4.79 Å². The van der Waals surface area contributed by atoms with Crippen molar-refractivity contribution in [1.29, 1.82) is 0 Å². The van der Waals surface area contributed by atoms with Crippen molar-refractivity contribution >= 4 is 5.97 Å². The van der Waals surface area contributed by atoms with Crippen molar-refractivity contribution in [3.8, 4) is 0 Å². The Morgan fingerprint density at radius 1 is 1.40 bits per heavy atom. The molecular weight excluding hydrogens is 192 g/mol. The third-order valence-electron chi connectivity index (χ3n) is 2.24. The minimum atomic E-state index is -0.756. The second-order valence-electron chi connectivity index (χ2n) is 4.30. The van der Waals surface area contributed by atoms with Crippen LogP contribution in [0.3, 0.4) is 0 Å². The van der Waals surface area contributed by atoms with Crippen LogP contribution >= 0.6 is 0 Å². The fourth-order valence-corrected chi connectivity index (χ4v) is 1.52. The van der Waals surface area contributed by atoms with Gasteiger partial charge in [0.05, 0.1) is 0 Å². The van der Waals surface area contributed by atoms with E-state index in [-0.39, 0.29) is 6.04 Å². The number of hydrogen-bond acceptors (Lipinski definition) is 3. The van der Waals surface area contributed by atoms with Crippen LogP contribution in [0.15, 0.2) is 0 Å². The van der Waals surface area contributed by atoms with E-state index in [0.29, 0.717) is 6.42 Å². The van der Waals surface area contributed by atoms with E-state index in [1.807, 2.05) is 20.9 Å². The minimum absolute atomic E-state index is 0.211. The van der Waals surface area contributed by atoms with Gasteiger partial charge in [0.1, 0.15) is 6.04 Å². The van der Waals surface area contributed by atoms with Gasteiger partial charge in [0.25, 0.3) is 0 Å². The maximum absolute atomic E-state index is 10.9. The molecule has 4 nitrogen and oxygen atoms in total. The summed E-state index contributed by atoms with van der Waals surface area (Å²) in [6, 6.07) is -0.216.